The second-order valence-electron chi connectivity index (χ2n) is 2.22. The van der Waals surface area contributed by atoms with Crippen LogP contribution in [0.4, 0.5) is 0 Å². The van der Waals surface area contributed by atoms with Crippen LogP contribution in [-0.4, -0.2) is 17.8 Å². The molecule has 0 unspecified atom stereocenters. The Morgan fingerprint density at radius 2 is 2.20 bits per heavy atom. The van der Waals surface area contributed by atoms with Crippen LogP contribution in [0.25, 0.3) is 0 Å². The van der Waals surface area contributed by atoms with Crippen LogP contribution < -0.4 is 0 Å². The maximum atomic E-state index is 4.34. The molecule has 0 aliphatic carbocycles. The zero-order valence-corrected chi connectivity index (χ0v) is 7.79. The van der Waals surface area contributed by atoms with E-state index in [9.17, 15) is 0 Å². The standard InChI is InChI=1S/C8H15NS/c1-5-8(10-4)9-6-7(2)3/h2,5-6H2,1,3-4H3. The Bertz CT molecular complexity index is 132. The minimum Gasteiger partial charge on any atom is -0.279 e. The lowest BCUT2D eigenvalue weighted by Crippen LogP contribution is -1.91. The molecule has 1 nitrogen and oxygen atoms in total. The molecule has 0 rings (SSSR count). The minimum absolute atomic E-state index is 0.782. The summed E-state index contributed by atoms with van der Waals surface area (Å²) in [4.78, 5) is 4.34. The van der Waals surface area contributed by atoms with E-state index in [0.717, 1.165) is 18.5 Å². The zero-order valence-electron chi connectivity index (χ0n) is 6.98. The van der Waals surface area contributed by atoms with Gasteiger partial charge in [0, 0.05) is 0 Å². The molecule has 0 aliphatic heterocycles. The SMILES string of the molecule is C=C(C)CN=C(CC)SC. The van der Waals surface area contributed by atoms with Gasteiger partial charge in [0.25, 0.3) is 0 Å². The molecule has 0 heterocycles. The summed E-state index contributed by atoms with van der Waals surface area (Å²) in [6.45, 7) is 8.68. The first-order valence-electron chi connectivity index (χ1n) is 3.42. The normalized spacial score (nSPS) is 11.7. The molecule has 0 radical (unpaired) electrons. The van der Waals surface area contributed by atoms with E-state index in [2.05, 4.69) is 24.8 Å². The van der Waals surface area contributed by atoms with Gasteiger partial charge in [-0.15, -0.1) is 11.8 Å². The highest BCUT2D eigenvalue weighted by molar-refractivity contribution is 8.13. The van der Waals surface area contributed by atoms with Crippen LogP contribution in [0, 0.1) is 0 Å². The summed E-state index contributed by atoms with van der Waals surface area (Å²) in [5, 5.41) is 1.21. The molecule has 0 N–H and O–H groups in total. The Morgan fingerprint density at radius 3 is 2.50 bits per heavy atom. The number of hydrogen-bond acceptors (Lipinski definition) is 2. The van der Waals surface area contributed by atoms with Gasteiger partial charge in [0.1, 0.15) is 0 Å². The fourth-order valence-corrected chi connectivity index (χ4v) is 1.03. The van der Waals surface area contributed by atoms with E-state index in [-0.39, 0.29) is 0 Å². The first-order chi connectivity index (χ1) is 4.70. The summed E-state index contributed by atoms with van der Waals surface area (Å²) < 4.78 is 0. The third-order valence-corrected chi connectivity index (χ3v) is 1.95. The number of hydrogen-bond donors (Lipinski definition) is 0. The second-order valence-corrected chi connectivity index (χ2v) is 3.10. The summed E-state index contributed by atoms with van der Waals surface area (Å²) in [5.74, 6) is 0. The predicted octanol–water partition coefficient (Wildman–Crippen LogP) is 2.73. The Hall–Kier alpha value is -0.240. The summed E-state index contributed by atoms with van der Waals surface area (Å²) >= 11 is 1.72. The molecule has 0 spiro atoms. The van der Waals surface area contributed by atoms with Gasteiger partial charge in [0.05, 0.1) is 11.6 Å². The van der Waals surface area contributed by atoms with Crippen molar-refractivity contribution in [1.29, 1.82) is 0 Å². The molecule has 0 amide bonds. The molecule has 0 bridgehead atoms. The highest BCUT2D eigenvalue weighted by atomic mass is 32.2. The highest BCUT2D eigenvalue weighted by Crippen LogP contribution is 2.03. The summed E-state index contributed by atoms with van der Waals surface area (Å²) in [5.41, 5.74) is 1.12. The maximum Gasteiger partial charge on any atom is 0.0674 e. The van der Waals surface area contributed by atoms with Gasteiger partial charge in [-0.05, 0) is 19.6 Å². The fourth-order valence-electron chi connectivity index (χ4n) is 0.544. The van der Waals surface area contributed by atoms with Crippen LogP contribution in [0.15, 0.2) is 17.1 Å². The van der Waals surface area contributed by atoms with Crippen LogP contribution >= 0.6 is 11.8 Å². The van der Waals surface area contributed by atoms with Crippen LogP contribution in [0.5, 0.6) is 0 Å². The van der Waals surface area contributed by atoms with Crippen molar-refractivity contribution in [2.24, 2.45) is 4.99 Å². The third kappa shape index (κ3) is 4.62. The molecule has 0 atom stereocenters. The van der Waals surface area contributed by atoms with Crippen molar-refractivity contribution < 1.29 is 0 Å². The highest BCUT2D eigenvalue weighted by Gasteiger charge is 1.90. The van der Waals surface area contributed by atoms with Gasteiger partial charge in [-0.25, -0.2) is 0 Å². The van der Waals surface area contributed by atoms with Crippen LogP contribution in [0.3, 0.4) is 0 Å². The van der Waals surface area contributed by atoms with E-state index in [1.54, 1.807) is 11.8 Å². The molecular formula is C8H15NS. The first-order valence-corrected chi connectivity index (χ1v) is 4.64. The number of aliphatic imine (C=N–C) groups is 1. The van der Waals surface area contributed by atoms with Gasteiger partial charge >= 0.3 is 0 Å². The van der Waals surface area contributed by atoms with E-state index in [1.165, 1.54) is 5.04 Å². The first kappa shape index (κ1) is 9.76. The molecule has 58 valence electrons. The largest absolute Gasteiger partial charge is 0.279 e. The van der Waals surface area contributed by atoms with Crippen LogP contribution in [0.1, 0.15) is 20.3 Å². The molecule has 2 heteroatoms. The number of thioether (sulfide) groups is 1. The summed E-state index contributed by atoms with van der Waals surface area (Å²) in [7, 11) is 0. The smallest absolute Gasteiger partial charge is 0.0674 e. The topological polar surface area (TPSA) is 12.4 Å². The lowest BCUT2D eigenvalue weighted by molar-refractivity contribution is 1.13. The van der Waals surface area contributed by atoms with Crippen molar-refractivity contribution in [3.63, 3.8) is 0 Å². The average Bonchev–Trinajstić information content (AvgIpc) is 1.90. The number of rotatable bonds is 3. The minimum atomic E-state index is 0.782. The summed E-state index contributed by atoms with van der Waals surface area (Å²) in [6.07, 6.45) is 3.09. The molecule has 0 saturated heterocycles. The van der Waals surface area contributed by atoms with Gasteiger partial charge in [0.2, 0.25) is 0 Å². The van der Waals surface area contributed by atoms with Crippen molar-refractivity contribution in [3.05, 3.63) is 12.2 Å². The van der Waals surface area contributed by atoms with Crippen LogP contribution in [0.2, 0.25) is 0 Å². The van der Waals surface area contributed by atoms with E-state index in [0.29, 0.717) is 0 Å². The van der Waals surface area contributed by atoms with Crippen molar-refractivity contribution in [2.75, 3.05) is 12.8 Å². The fraction of sp³-hybridized carbons (Fsp3) is 0.625. The molecular weight excluding hydrogens is 142 g/mol. The van der Waals surface area contributed by atoms with E-state index < -0.39 is 0 Å². The lowest BCUT2D eigenvalue weighted by Gasteiger charge is -1.97. The monoisotopic (exact) mass is 157 g/mol. The zero-order chi connectivity index (χ0) is 7.98. The molecule has 0 aromatic rings. The van der Waals surface area contributed by atoms with Crippen molar-refractivity contribution in [2.45, 2.75) is 20.3 Å². The molecule has 0 aromatic carbocycles. The molecule has 10 heavy (non-hydrogen) atoms. The summed E-state index contributed by atoms with van der Waals surface area (Å²) in [6, 6.07) is 0. The van der Waals surface area contributed by atoms with E-state index in [1.807, 2.05) is 6.92 Å². The Morgan fingerprint density at radius 1 is 1.60 bits per heavy atom. The molecule has 0 saturated carbocycles. The maximum absolute atomic E-state index is 4.34. The van der Waals surface area contributed by atoms with Gasteiger partial charge in [-0.1, -0.05) is 19.1 Å². The predicted molar refractivity (Wildman–Crippen MR) is 50.9 cm³/mol. The second kappa shape index (κ2) is 5.54. The van der Waals surface area contributed by atoms with Crippen molar-refractivity contribution >= 4 is 16.8 Å². The Kier molecular flexibility index (Phi) is 5.40. The van der Waals surface area contributed by atoms with E-state index >= 15 is 0 Å². The molecule has 0 fully saturated rings. The Balaban J connectivity index is 3.74. The molecule has 0 aromatic heterocycles. The average molecular weight is 157 g/mol. The van der Waals surface area contributed by atoms with Gasteiger partial charge in [-0.3, -0.25) is 4.99 Å². The quantitative estimate of drug-likeness (QED) is 0.348. The molecule has 0 aliphatic rings. The van der Waals surface area contributed by atoms with Crippen LogP contribution in [-0.2, 0) is 0 Å². The number of nitrogens with zero attached hydrogens (tertiary/aromatic N) is 1. The third-order valence-electron chi connectivity index (χ3n) is 1.06. The van der Waals surface area contributed by atoms with Gasteiger partial charge in [-0.2, -0.15) is 0 Å². The lowest BCUT2D eigenvalue weighted by atomic mass is 10.4. The van der Waals surface area contributed by atoms with E-state index in [4.69, 9.17) is 0 Å². The Labute approximate surface area is 67.6 Å². The van der Waals surface area contributed by atoms with Gasteiger partial charge < -0.3 is 0 Å². The van der Waals surface area contributed by atoms with Crippen molar-refractivity contribution in [3.8, 4) is 0 Å². The van der Waals surface area contributed by atoms with Gasteiger partial charge in [0.15, 0.2) is 0 Å². The van der Waals surface area contributed by atoms with Crippen molar-refractivity contribution in [1.82, 2.24) is 0 Å².